The van der Waals surface area contributed by atoms with Crippen LogP contribution in [0.2, 0.25) is 5.15 Å². The normalized spacial score (nSPS) is 10.9. The molecule has 2 aromatic rings. The van der Waals surface area contributed by atoms with E-state index in [1.165, 1.54) is 4.52 Å². The third-order valence-electron chi connectivity index (χ3n) is 2.33. The molecule has 0 saturated heterocycles. The summed E-state index contributed by atoms with van der Waals surface area (Å²) in [5.74, 6) is -0.322. The molecule has 0 unspecified atom stereocenters. The lowest BCUT2D eigenvalue weighted by Crippen LogP contribution is -2.09. The van der Waals surface area contributed by atoms with Crippen molar-refractivity contribution in [1.82, 2.24) is 14.6 Å². The molecule has 0 radical (unpaired) electrons. The van der Waals surface area contributed by atoms with Gasteiger partial charge in [0, 0.05) is 0 Å². The SMILES string of the molecule is CCOC(=O)Cc1cc(Cl)n2nc(C)c(Br)c2n1. The highest BCUT2D eigenvalue weighted by molar-refractivity contribution is 9.10. The standard InChI is InChI=1S/C11H11BrClN3O2/c1-3-18-9(17)5-7-4-8(13)16-11(14-7)10(12)6(2)15-16/h4H,3,5H2,1-2H3. The number of esters is 1. The zero-order valence-electron chi connectivity index (χ0n) is 9.91. The van der Waals surface area contributed by atoms with Crippen LogP contribution < -0.4 is 0 Å². The maximum atomic E-state index is 11.4. The van der Waals surface area contributed by atoms with E-state index < -0.39 is 0 Å². The Balaban J connectivity index is 2.42. The Labute approximate surface area is 117 Å². The number of carbonyl (C=O) groups is 1. The molecule has 0 aliphatic rings. The van der Waals surface area contributed by atoms with Crippen molar-refractivity contribution in [2.45, 2.75) is 20.3 Å². The molecule has 0 amide bonds. The molecule has 96 valence electrons. The minimum atomic E-state index is -0.322. The molecule has 0 bridgehead atoms. The molecule has 0 aromatic carbocycles. The summed E-state index contributed by atoms with van der Waals surface area (Å²) in [6, 6.07) is 1.62. The molecule has 0 N–H and O–H groups in total. The quantitative estimate of drug-likeness (QED) is 0.640. The van der Waals surface area contributed by atoms with Crippen LogP contribution in [0.15, 0.2) is 10.5 Å². The second kappa shape index (κ2) is 5.24. The first-order valence-electron chi connectivity index (χ1n) is 5.38. The fourth-order valence-electron chi connectivity index (χ4n) is 1.56. The summed E-state index contributed by atoms with van der Waals surface area (Å²) >= 11 is 9.49. The van der Waals surface area contributed by atoms with Gasteiger partial charge in [-0.05, 0) is 35.8 Å². The van der Waals surface area contributed by atoms with Crippen molar-refractivity contribution in [3.63, 3.8) is 0 Å². The maximum Gasteiger partial charge on any atom is 0.311 e. The first-order valence-corrected chi connectivity index (χ1v) is 6.56. The Morgan fingerprint density at radius 2 is 2.33 bits per heavy atom. The summed E-state index contributed by atoms with van der Waals surface area (Å²) < 4.78 is 7.17. The molecule has 0 aliphatic heterocycles. The Bertz CT molecular complexity index is 612. The summed E-state index contributed by atoms with van der Waals surface area (Å²) in [6.45, 7) is 3.96. The number of ether oxygens (including phenoxy) is 1. The molecule has 2 heterocycles. The highest BCUT2D eigenvalue weighted by Crippen LogP contribution is 2.24. The second-order valence-electron chi connectivity index (χ2n) is 3.69. The van der Waals surface area contributed by atoms with Crippen LogP contribution in [0.1, 0.15) is 18.3 Å². The van der Waals surface area contributed by atoms with Gasteiger partial charge in [-0.1, -0.05) is 11.6 Å². The molecule has 2 rings (SSSR count). The molecule has 0 atom stereocenters. The Morgan fingerprint density at radius 1 is 1.61 bits per heavy atom. The molecule has 7 heteroatoms. The number of fused-ring (bicyclic) bond motifs is 1. The molecule has 0 saturated carbocycles. The molecule has 0 aliphatic carbocycles. The van der Waals surface area contributed by atoms with E-state index >= 15 is 0 Å². The Kier molecular flexibility index (Phi) is 3.87. The van der Waals surface area contributed by atoms with E-state index in [1.54, 1.807) is 13.0 Å². The summed E-state index contributed by atoms with van der Waals surface area (Å²) in [5, 5.41) is 4.64. The highest BCUT2D eigenvalue weighted by Gasteiger charge is 2.14. The fourth-order valence-corrected chi connectivity index (χ4v) is 2.14. The van der Waals surface area contributed by atoms with Crippen LogP contribution in [0.25, 0.3) is 5.65 Å². The summed E-state index contributed by atoms with van der Waals surface area (Å²) in [4.78, 5) is 15.8. The molecule has 0 fully saturated rings. The number of hydrogen-bond acceptors (Lipinski definition) is 4. The van der Waals surface area contributed by atoms with Gasteiger partial charge in [-0.3, -0.25) is 4.79 Å². The van der Waals surface area contributed by atoms with Crippen molar-refractivity contribution < 1.29 is 9.53 Å². The van der Waals surface area contributed by atoms with Gasteiger partial charge in [0.1, 0.15) is 5.15 Å². The molecular weight excluding hydrogens is 321 g/mol. The second-order valence-corrected chi connectivity index (χ2v) is 4.87. The number of hydrogen-bond donors (Lipinski definition) is 0. The predicted molar refractivity (Wildman–Crippen MR) is 70.8 cm³/mol. The lowest BCUT2D eigenvalue weighted by Gasteiger charge is -2.03. The van der Waals surface area contributed by atoms with Crippen LogP contribution in [0.4, 0.5) is 0 Å². The van der Waals surface area contributed by atoms with Crippen LogP contribution >= 0.6 is 27.5 Å². The van der Waals surface area contributed by atoms with Gasteiger partial charge in [0.2, 0.25) is 0 Å². The number of aryl methyl sites for hydroxylation is 1. The largest absolute Gasteiger partial charge is 0.466 e. The lowest BCUT2D eigenvalue weighted by molar-refractivity contribution is -0.142. The van der Waals surface area contributed by atoms with E-state index in [-0.39, 0.29) is 12.4 Å². The fraction of sp³-hybridized carbons (Fsp3) is 0.364. The van der Waals surface area contributed by atoms with E-state index in [0.29, 0.717) is 23.1 Å². The summed E-state index contributed by atoms with van der Waals surface area (Å²) in [6.07, 6.45) is 0.0979. The van der Waals surface area contributed by atoms with Gasteiger partial charge in [-0.25, -0.2) is 9.50 Å². The van der Waals surface area contributed by atoms with Crippen LogP contribution in [0, 0.1) is 6.92 Å². The maximum absolute atomic E-state index is 11.4. The number of rotatable bonds is 3. The van der Waals surface area contributed by atoms with E-state index in [0.717, 1.165) is 10.2 Å². The van der Waals surface area contributed by atoms with Crippen molar-refractivity contribution in [1.29, 1.82) is 0 Å². The Hall–Kier alpha value is -1.14. The van der Waals surface area contributed by atoms with Gasteiger partial charge < -0.3 is 4.74 Å². The zero-order chi connectivity index (χ0) is 13.3. The van der Waals surface area contributed by atoms with Gasteiger partial charge in [0.25, 0.3) is 0 Å². The molecule has 5 nitrogen and oxygen atoms in total. The summed E-state index contributed by atoms with van der Waals surface area (Å²) in [7, 11) is 0. The first-order chi connectivity index (χ1) is 8.52. The molecule has 0 spiro atoms. The molecule has 18 heavy (non-hydrogen) atoms. The summed E-state index contributed by atoms with van der Waals surface area (Å²) in [5.41, 5.74) is 1.95. The van der Waals surface area contributed by atoms with Gasteiger partial charge in [0.05, 0.1) is 28.9 Å². The van der Waals surface area contributed by atoms with Crippen LogP contribution in [0.5, 0.6) is 0 Å². The zero-order valence-corrected chi connectivity index (χ0v) is 12.2. The van der Waals surface area contributed by atoms with Gasteiger partial charge >= 0.3 is 5.97 Å². The van der Waals surface area contributed by atoms with E-state index in [9.17, 15) is 4.79 Å². The molecular formula is C11H11BrClN3O2. The topological polar surface area (TPSA) is 56.5 Å². The average Bonchev–Trinajstić information content (AvgIpc) is 2.57. The molecule has 2 aromatic heterocycles. The van der Waals surface area contributed by atoms with Gasteiger partial charge in [0.15, 0.2) is 5.65 Å². The third kappa shape index (κ3) is 2.49. The van der Waals surface area contributed by atoms with Crippen molar-refractivity contribution in [3.05, 3.63) is 27.1 Å². The predicted octanol–water partition coefficient (Wildman–Crippen LogP) is 2.56. The van der Waals surface area contributed by atoms with Gasteiger partial charge in [-0.15, -0.1) is 0 Å². The van der Waals surface area contributed by atoms with Crippen LogP contribution in [-0.2, 0) is 16.0 Å². The van der Waals surface area contributed by atoms with Crippen LogP contribution in [-0.4, -0.2) is 27.2 Å². The van der Waals surface area contributed by atoms with Crippen molar-refractivity contribution in [2.24, 2.45) is 0 Å². The number of halogens is 2. The van der Waals surface area contributed by atoms with Crippen molar-refractivity contribution in [2.75, 3.05) is 6.61 Å². The smallest absolute Gasteiger partial charge is 0.311 e. The van der Waals surface area contributed by atoms with E-state index in [2.05, 4.69) is 26.0 Å². The van der Waals surface area contributed by atoms with Crippen molar-refractivity contribution >= 4 is 39.1 Å². The average molecular weight is 333 g/mol. The number of carbonyl (C=O) groups excluding carboxylic acids is 1. The van der Waals surface area contributed by atoms with E-state index in [1.807, 2.05) is 6.92 Å². The van der Waals surface area contributed by atoms with Crippen LogP contribution in [0.3, 0.4) is 0 Å². The lowest BCUT2D eigenvalue weighted by atomic mass is 10.3. The van der Waals surface area contributed by atoms with Crippen molar-refractivity contribution in [3.8, 4) is 0 Å². The minimum Gasteiger partial charge on any atom is -0.466 e. The minimum absolute atomic E-state index is 0.0979. The van der Waals surface area contributed by atoms with E-state index in [4.69, 9.17) is 16.3 Å². The number of aromatic nitrogens is 3. The monoisotopic (exact) mass is 331 g/mol. The number of nitrogens with zero attached hydrogens (tertiary/aromatic N) is 3. The van der Waals surface area contributed by atoms with Gasteiger partial charge in [-0.2, -0.15) is 5.10 Å². The first kappa shape index (κ1) is 13.3. The third-order valence-corrected chi connectivity index (χ3v) is 3.53. The Morgan fingerprint density at radius 3 is 3.00 bits per heavy atom. The highest BCUT2D eigenvalue weighted by atomic mass is 79.9.